The van der Waals surface area contributed by atoms with E-state index < -0.39 is 0 Å². The standard InChI is InChI=1S/C23H26N2O5/c1-2-7-20(26)24-18-13-28-22-19(14-29-21(18)22)25-23(27)15-8-6-11-17(12-15)30-16-9-4-3-5-10-16/h3-6,8-12,18-19,21-22H,2,7,13-14H2,1H3,(H,24,26)(H,25,27)/t18-,19-,21+,22+/m0/s1. The van der Waals surface area contributed by atoms with Gasteiger partial charge >= 0.3 is 0 Å². The van der Waals surface area contributed by atoms with Gasteiger partial charge in [0.1, 0.15) is 23.7 Å². The second-order valence-corrected chi connectivity index (χ2v) is 7.54. The van der Waals surface area contributed by atoms with Gasteiger partial charge in [0, 0.05) is 12.0 Å². The van der Waals surface area contributed by atoms with Crippen LogP contribution in [-0.4, -0.2) is 49.3 Å². The van der Waals surface area contributed by atoms with E-state index in [0.717, 1.165) is 6.42 Å². The van der Waals surface area contributed by atoms with Crippen LogP contribution in [0.15, 0.2) is 54.6 Å². The Morgan fingerprint density at radius 1 is 0.933 bits per heavy atom. The Kier molecular flexibility index (Phi) is 6.30. The van der Waals surface area contributed by atoms with Crippen molar-refractivity contribution >= 4 is 11.8 Å². The first kappa shape index (κ1) is 20.4. The average Bonchev–Trinajstić information content (AvgIpc) is 3.33. The highest BCUT2D eigenvalue weighted by Crippen LogP contribution is 2.28. The molecule has 2 amide bonds. The lowest BCUT2D eigenvalue weighted by molar-refractivity contribution is -0.122. The summed E-state index contributed by atoms with van der Waals surface area (Å²) in [4.78, 5) is 24.7. The lowest BCUT2D eigenvalue weighted by atomic mass is 10.1. The van der Waals surface area contributed by atoms with Crippen LogP contribution in [0.5, 0.6) is 11.5 Å². The van der Waals surface area contributed by atoms with Crippen molar-refractivity contribution in [3.63, 3.8) is 0 Å². The number of hydrogen-bond donors (Lipinski definition) is 2. The molecule has 30 heavy (non-hydrogen) atoms. The minimum atomic E-state index is -0.273. The Hall–Kier alpha value is -2.90. The van der Waals surface area contributed by atoms with Crippen molar-refractivity contribution in [2.75, 3.05) is 13.2 Å². The molecule has 2 fully saturated rings. The van der Waals surface area contributed by atoms with Gasteiger partial charge in [0.15, 0.2) is 0 Å². The summed E-state index contributed by atoms with van der Waals surface area (Å²) >= 11 is 0. The third-order valence-electron chi connectivity index (χ3n) is 5.27. The van der Waals surface area contributed by atoms with E-state index in [0.29, 0.717) is 36.7 Å². The van der Waals surface area contributed by atoms with Gasteiger partial charge in [-0.05, 0) is 36.8 Å². The molecule has 0 radical (unpaired) electrons. The second kappa shape index (κ2) is 9.28. The smallest absolute Gasteiger partial charge is 0.251 e. The van der Waals surface area contributed by atoms with E-state index in [4.69, 9.17) is 14.2 Å². The molecule has 2 N–H and O–H groups in total. The molecular weight excluding hydrogens is 384 g/mol. The zero-order valence-corrected chi connectivity index (χ0v) is 16.9. The minimum Gasteiger partial charge on any atom is -0.457 e. The fourth-order valence-electron chi connectivity index (χ4n) is 3.83. The van der Waals surface area contributed by atoms with Crippen LogP contribution in [0.2, 0.25) is 0 Å². The molecule has 0 unspecified atom stereocenters. The van der Waals surface area contributed by atoms with Gasteiger partial charge in [0.25, 0.3) is 5.91 Å². The highest BCUT2D eigenvalue weighted by molar-refractivity contribution is 5.94. The summed E-state index contributed by atoms with van der Waals surface area (Å²) in [5, 5.41) is 5.97. The van der Waals surface area contributed by atoms with Gasteiger partial charge < -0.3 is 24.8 Å². The maximum atomic E-state index is 12.8. The summed E-state index contributed by atoms with van der Waals surface area (Å²) in [6.45, 7) is 2.70. The molecule has 0 saturated carbocycles. The first-order valence-electron chi connectivity index (χ1n) is 10.3. The molecule has 7 nitrogen and oxygen atoms in total. The van der Waals surface area contributed by atoms with E-state index in [1.165, 1.54) is 0 Å². The average molecular weight is 410 g/mol. The fraction of sp³-hybridized carbons (Fsp3) is 0.391. The van der Waals surface area contributed by atoms with Gasteiger partial charge in [0.05, 0.1) is 25.3 Å². The van der Waals surface area contributed by atoms with Crippen molar-refractivity contribution in [1.29, 1.82) is 0 Å². The van der Waals surface area contributed by atoms with Gasteiger partial charge in [-0.15, -0.1) is 0 Å². The van der Waals surface area contributed by atoms with E-state index in [1.54, 1.807) is 18.2 Å². The van der Waals surface area contributed by atoms with Crippen molar-refractivity contribution in [2.24, 2.45) is 0 Å². The van der Waals surface area contributed by atoms with Gasteiger partial charge in [-0.25, -0.2) is 0 Å². The van der Waals surface area contributed by atoms with Crippen LogP contribution in [0.25, 0.3) is 0 Å². The number of para-hydroxylation sites is 1. The summed E-state index contributed by atoms with van der Waals surface area (Å²) < 4.78 is 17.5. The molecule has 4 atom stereocenters. The molecule has 0 bridgehead atoms. The first-order chi connectivity index (χ1) is 14.6. The van der Waals surface area contributed by atoms with E-state index in [-0.39, 0.29) is 36.1 Å². The van der Waals surface area contributed by atoms with E-state index in [1.807, 2.05) is 43.3 Å². The lowest BCUT2D eigenvalue weighted by Gasteiger charge is -2.18. The number of carbonyl (C=O) groups is 2. The summed E-state index contributed by atoms with van der Waals surface area (Å²) in [6, 6.07) is 16.0. The zero-order valence-electron chi connectivity index (χ0n) is 16.9. The molecule has 2 aliphatic rings. The highest BCUT2D eigenvalue weighted by atomic mass is 16.6. The van der Waals surface area contributed by atoms with Crippen molar-refractivity contribution in [1.82, 2.24) is 10.6 Å². The summed E-state index contributed by atoms with van der Waals surface area (Å²) in [6.07, 6.45) is 0.753. The van der Waals surface area contributed by atoms with Crippen molar-refractivity contribution in [2.45, 2.75) is 44.1 Å². The van der Waals surface area contributed by atoms with Crippen molar-refractivity contribution in [3.8, 4) is 11.5 Å². The molecule has 2 aliphatic heterocycles. The third kappa shape index (κ3) is 4.63. The highest BCUT2D eigenvalue weighted by Gasteiger charge is 2.48. The number of ether oxygens (including phenoxy) is 3. The molecule has 2 aromatic carbocycles. The molecular formula is C23H26N2O5. The Morgan fingerprint density at radius 2 is 1.60 bits per heavy atom. The van der Waals surface area contributed by atoms with Crippen molar-refractivity contribution < 1.29 is 23.8 Å². The Bertz CT molecular complexity index is 888. The van der Waals surface area contributed by atoms with Crippen LogP contribution in [0.3, 0.4) is 0 Å². The predicted octanol–water partition coefficient (Wildman–Crippen LogP) is 2.66. The van der Waals surface area contributed by atoms with Crippen LogP contribution < -0.4 is 15.4 Å². The first-order valence-corrected chi connectivity index (χ1v) is 10.3. The lowest BCUT2D eigenvalue weighted by Crippen LogP contribution is -2.46. The molecule has 7 heteroatoms. The quantitative estimate of drug-likeness (QED) is 0.733. The number of fused-ring (bicyclic) bond motifs is 1. The zero-order chi connectivity index (χ0) is 20.9. The van der Waals surface area contributed by atoms with Gasteiger partial charge in [-0.2, -0.15) is 0 Å². The summed E-state index contributed by atoms with van der Waals surface area (Å²) in [5.41, 5.74) is 0.498. The van der Waals surface area contributed by atoms with Crippen LogP contribution in [0.1, 0.15) is 30.1 Å². The Labute approximate surface area is 175 Å². The molecule has 0 spiro atoms. The summed E-state index contributed by atoms with van der Waals surface area (Å²) in [7, 11) is 0. The largest absolute Gasteiger partial charge is 0.457 e. The van der Waals surface area contributed by atoms with Gasteiger partial charge in [-0.1, -0.05) is 31.2 Å². The van der Waals surface area contributed by atoms with E-state index in [9.17, 15) is 9.59 Å². The molecule has 2 heterocycles. The normalized spacial score (nSPS) is 24.8. The molecule has 0 aliphatic carbocycles. The fourth-order valence-corrected chi connectivity index (χ4v) is 3.83. The van der Waals surface area contributed by atoms with Crippen LogP contribution >= 0.6 is 0 Å². The van der Waals surface area contributed by atoms with E-state index in [2.05, 4.69) is 10.6 Å². The SMILES string of the molecule is CCCC(=O)N[C@H]1CO[C@H]2[C@@H]1OC[C@@H]2NC(=O)c1cccc(Oc2ccccc2)c1. The number of nitrogens with one attached hydrogen (secondary N) is 2. The van der Waals surface area contributed by atoms with Gasteiger partial charge in [0.2, 0.25) is 5.91 Å². The van der Waals surface area contributed by atoms with Crippen molar-refractivity contribution in [3.05, 3.63) is 60.2 Å². The number of rotatable bonds is 7. The Balaban J connectivity index is 1.36. The predicted molar refractivity (Wildman–Crippen MR) is 111 cm³/mol. The number of amides is 2. The second-order valence-electron chi connectivity index (χ2n) is 7.54. The molecule has 0 aromatic heterocycles. The molecule has 2 aromatic rings. The van der Waals surface area contributed by atoms with Crippen LogP contribution in [-0.2, 0) is 14.3 Å². The maximum absolute atomic E-state index is 12.8. The summed E-state index contributed by atoms with van der Waals surface area (Å²) in [5.74, 6) is 1.07. The molecule has 158 valence electrons. The molecule has 4 rings (SSSR count). The number of carbonyl (C=O) groups excluding carboxylic acids is 2. The molecule has 2 saturated heterocycles. The van der Waals surface area contributed by atoms with E-state index >= 15 is 0 Å². The minimum absolute atomic E-state index is 0.00179. The monoisotopic (exact) mass is 410 g/mol. The van der Waals surface area contributed by atoms with Crippen LogP contribution in [0, 0.1) is 0 Å². The number of benzene rings is 2. The maximum Gasteiger partial charge on any atom is 0.251 e. The van der Waals surface area contributed by atoms with Crippen LogP contribution in [0.4, 0.5) is 0 Å². The van der Waals surface area contributed by atoms with Gasteiger partial charge in [-0.3, -0.25) is 9.59 Å². The Morgan fingerprint density at radius 3 is 2.30 bits per heavy atom. The third-order valence-corrected chi connectivity index (χ3v) is 5.27. The number of hydrogen-bond acceptors (Lipinski definition) is 5. The topological polar surface area (TPSA) is 85.9 Å².